The maximum absolute atomic E-state index is 13.7. The monoisotopic (exact) mass is 425 g/mol. The van der Waals surface area contributed by atoms with Gasteiger partial charge in [0.05, 0.1) is 13.1 Å². The number of hydrogen-bond acceptors (Lipinski definition) is 5. The fraction of sp³-hybridized carbons (Fsp3) is 0.750. The van der Waals surface area contributed by atoms with E-state index in [0.717, 1.165) is 0 Å². The van der Waals surface area contributed by atoms with E-state index in [4.69, 9.17) is 4.74 Å². The summed E-state index contributed by atoms with van der Waals surface area (Å²) in [7, 11) is 0. The number of rotatable bonds is 9. The van der Waals surface area contributed by atoms with Crippen LogP contribution in [0.1, 0.15) is 27.7 Å². The van der Waals surface area contributed by atoms with Crippen LogP contribution in [0.15, 0.2) is 12.2 Å². The lowest BCUT2D eigenvalue weighted by atomic mass is 10.1. The molecule has 0 saturated carbocycles. The number of carbonyl (C=O) groups excluding carboxylic acids is 2. The molecule has 0 spiro atoms. The van der Waals surface area contributed by atoms with Crippen LogP contribution in [0, 0.1) is 0 Å². The molecule has 0 fully saturated rings. The molecule has 0 unspecified atom stereocenters. The van der Waals surface area contributed by atoms with Crippen molar-refractivity contribution in [3.05, 3.63) is 12.2 Å². The number of ether oxygens (including phenoxy) is 2. The van der Waals surface area contributed by atoms with Gasteiger partial charge in [-0.2, -0.15) is 30.7 Å². The fourth-order valence-electron chi connectivity index (χ4n) is 1.75. The van der Waals surface area contributed by atoms with E-state index in [0.29, 0.717) is 4.90 Å². The van der Waals surface area contributed by atoms with Gasteiger partial charge in [-0.1, -0.05) is 6.58 Å². The minimum absolute atomic E-state index is 0.0485. The maximum Gasteiger partial charge on any atom is 0.459 e. The first-order valence-corrected chi connectivity index (χ1v) is 7.89. The van der Waals surface area contributed by atoms with Crippen LogP contribution in [0.25, 0.3) is 0 Å². The maximum atomic E-state index is 13.7. The first-order chi connectivity index (χ1) is 12.3. The molecular formula is C16H22F7NO4. The Morgan fingerprint density at radius 2 is 1.50 bits per heavy atom. The molecule has 0 aliphatic heterocycles. The van der Waals surface area contributed by atoms with E-state index in [1.54, 1.807) is 0 Å². The lowest BCUT2D eigenvalue weighted by molar-refractivity contribution is -0.356. The van der Waals surface area contributed by atoms with E-state index < -0.39 is 61.8 Å². The summed E-state index contributed by atoms with van der Waals surface area (Å²) in [6.07, 6.45) is -6.50. The van der Waals surface area contributed by atoms with Crippen LogP contribution in [0.4, 0.5) is 30.7 Å². The number of hydrogen-bond donors (Lipinski definition) is 0. The summed E-state index contributed by atoms with van der Waals surface area (Å²) in [6.45, 7) is 4.34. The highest BCUT2D eigenvalue weighted by Gasteiger charge is 2.73. The summed E-state index contributed by atoms with van der Waals surface area (Å²) in [4.78, 5) is 23.3. The third-order valence-electron chi connectivity index (χ3n) is 3.00. The number of halogens is 7. The van der Waals surface area contributed by atoms with E-state index in [1.807, 2.05) is 0 Å². The molecule has 0 aromatic rings. The predicted octanol–water partition coefficient (Wildman–Crippen LogP) is 3.58. The number of esters is 2. The zero-order chi connectivity index (χ0) is 22.6. The van der Waals surface area contributed by atoms with Crippen molar-refractivity contribution < 1.29 is 49.8 Å². The first kappa shape index (κ1) is 26.1. The molecule has 28 heavy (non-hydrogen) atoms. The molecule has 0 saturated heterocycles. The quantitative estimate of drug-likeness (QED) is 0.321. The molecule has 0 aliphatic carbocycles. The molecule has 0 heterocycles. The summed E-state index contributed by atoms with van der Waals surface area (Å²) >= 11 is 0. The summed E-state index contributed by atoms with van der Waals surface area (Å²) < 4.78 is 99.9. The second kappa shape index (κ2) is 9.10. The average molecular weight is 425 g/mol. The Balaban J connectivity index is 5.33. The molecule has 12 heteroatoms. The van der Waals surface area contributed by atoms with Gasteiger partial charge in [-0.15, -0.1) is 0 Å². The molecule has 0 N–H and O–H groups in total. The summed E-state index contributed by atoms with van der Waals surface area (Å²) in [5.74, 6) is -13.9. The minimum atomic E-state index is -6.50. The highest BCUT2D eigenvalue weighted by atomic mass is 19.4. The molecule has 0 radical (unpaired) electrons. The standard InChI is InChI=1S/C16H22F7NO4/c1-10(2)12(26)27-7-6-24(8-11(25)28-13(3,4)5)9-14(17,18)15(19,20)16(21,22)23/h1,6-9H2,2-5H3. The molecule has 0 bridgehead atoms. The lowest BCUT2D eigenvalue weighted by Crippen LogP contribution is -2.57. The Morgan fingerprint density at radius 3 is 1.89 bits per heavy atom. The Bertz CT molecular complexity index is 583. The zero-order valence-electron chi connectivity index (χ0n) is 15.8. The van der Waals surface area contributed by atoms with Gasteiger partial charge in [-0.3, -0.25) is 9.69 Å². The molecule has 0 aliphatic rings. The highest BCUT2D eigenvalue weighted by Crippen LogP contribution is 2.46. The average Bonchev–Trinajstić information content (AvgIpc) is 2.42. The molecule has 0 rings (SSSR count). The van der Waals surface area contributed by atoms with Gasteiger partial charge < -0.3 is 9.47 Å². The molecule has 5 nitrogen and oxygen atoms in total. The van der Waals surface area contributed by atoms with Gasteiger partial charge in [0.2, 0.25) is 0 Å². The Hall–Kier alpha value is -1.85. The number of nitrogens with zero attached hydrogens (tertiary/aromatic N) is 1. The second-order valence-corrected chi connectivity index (χ2v) is 6.99. The first-order valence-electron chi connectivity index (χ1n) is 7.89. The highest BCUT2D eigenvalue weighted by molar-refractivity contribution is 5.86. The van der Waals surface area contributed by atoms with Crippen molar-refractivity contribution in [1.82, 2.24) is 4.90 Å². The van der Waals surface area contributed by atoms with Crippen molar-refractivity contribution in [3.8, 4) is 0 Å². The van der Waals surface area contributed by atoms with Gasteiger partial charge in [-0.25, -0.2) is 4.79 Å². The van der Waals surface area contributed by atoms with Crippen LogP contribution in [-0.2, 0) is 19.1 Å². The van der Waals surface area contributed by atoms with E-state index in [-0.39, 0.29) is 5.57 Å². The van der Waals surface area contributed by atoms with Crippen LogP contribution < -0.4 is 0 Å². The van der Waals surface area contributed by atoms with Crippen LogP contribution in [0.3, 0.4) is 0 Å². The molecular weight excluding hydrogens is 403 g/mol. The summed E-state index contributed by atoms with van der Waals surface area (Å²) in [6, 6.07) is 0. The van der Waals surface area contributed by atoms with Gasteiger partial charge >= 0.3 is 30.0 Å². The molecule has 0 aromatic heterocycles. The van der Waals surface area contributed by atoms with E-state index in [1.165, 1.54) is 27.7 Å². The van der Waals surface area contributed by atoms with Gasteiger partial charge in [-0.05, 0) is 27.7 Å². The van der Waals surface area contributed by atoms with Gasteiger partial charge in [0, 0.05) is 12.1 Å². The van der Waals surface area contributed by atoms with Crippen molar-refractivity contribution >= 4 is 11.9 Å². The predicted molar refractivity (Wildman–Crippen MR) is 84.0 cm³/mol. The van der Waals surface area contributed by atoms with Crippen LogP contribution in [-0.4, -0.2) is 66.7 Å². The molecule has 0 amide bonds. The number of alkyl halides is 7. The molecule has 0 aromatic carbocycles. The third kappa shape index (κ3) is 8.03. The normalized spacial score (nSPS) is 13.4. The van der Waals surface area contributed by atoms with E-state index in [9.17, 15) is 40.3 Å². The van der Waals surface area contributed by atoms with Crippen LogP contribution >= 0.6 is 0 Å². The van der Waals surface area contributed by atoms with E-state index in [2.05, 4.69) is 11.3 Å². The molecule has 0 atom stereocenters. The van der Waals surface area contributed by atoms with Crippen molar-refractivity contribution in [2.45, 2.75) is 51.3 Å². The number of carbonyl (C=O) groups is 2. The Kier molecular flexibility index (Phi) is 8.50. The van der Waals surface area contributed by atoms with Crippen molar-refractivity contribution in [2.75, 3.05) is 26.2 Å². The summed E-state index contributed by atoms with van der Waals surface area (Å²) in [5, 5.41) is 0. The Labute approximate surface area is 157 Å². The molecule has 164 valence electrons. The van der Waals surface area contributed by atoms with Crippen molar-refractivity contribution in [3.63, 3.8) is 0 Å². The van der Waals surface area contributed by atoms with Crippen LogP contribution in [0.2, 0.25) is 0 Å². The van der Waals surface area contributed by atoms with E-state index >= 15 is 0 Å². The lowest BCUT2D eigenvalue weighted by Gasteiger charge is -2.32. The Morgan fingerprint density at radius 1 is 1.00 bits per heavy atom. The fourth-order valence-corrected chi connectivity index (χ4v) is 1.75. The third-order valence-corrected chi connectivity index (χ3v) is 3.00. The topological polar surface area (TPSA) is 55.8 Å². The van der Waals surface area contributed by atoms with Gasteiger partial charge in [0.15, 0.2) is 0 Å². The smallest absolute Gasteiger partial charge is 0.459 e. The summed E-state index contributed by atoms with van der Waals surface area (Å²) in [5.41, 5.74) is -1.10. The van der Waals surface area contributed by atoms with Gasteiger partial charge in [0.25, 0.3) is 0 Å². The second-order valence-electron chi connectivity index (χ2n) is 6.99. The van der Waals surface area contributed by atoms with Crippen molar-refractivity contribution in [2.24, 2.45) is 0 Å². The minimum Gasteiger partial charge on any atom is -0.461 e. The SMILES string of the molecule is C=C(C)C(=O)OCCN(CC(=O)OC(C)(C)C)CC(F)(F)C(F)(F)C(F)(F)F. The van der Waals surface area contributed by atoms with Crippen molar-refractivity contribution in [1.29, 1.82) is 0 Å². The zero-order valence-corrected chi connectivity index (χ0v) is 15.8. The largest absolute Gasteiger partial charge is 0.461 e. The van der Waals surface area contributed by atoms with Gasteiger partial charge in [0.1, 0.15) is 12.2 Å². The van der Waals surface area contributed by atoms with Crippen LogP contribution in [0.5, 0.6) is 0 Å².